The maximum absolute atomic E-state index is 5.88. The molecule has 0 saturated heterocycles. The van der Waals surface area contributed by atoms with Crippen LogP contribution in [-0.2, 0) is 0 Å². The molecule has 0 unspecified atom stereocenters. The summed E-state index contributed by atoms with van der Waals surface area (Å²) in [5.74, 6) is 1.03. The number of nitrogen functional groups attached to an aromatic ring is 1. The molecule has 1 aromatic heterocycles. The van der Waals surface area contributed by atoms with Crippen LogP contribution in [0, 0.1) is 5.41 Å². The van der Waals surface area contributed by atoms with E-state index >= 15 is 0 Å². The number of hydrogen-bond donors (Lipinski definition) is 1. The number of nitrogens with zero attached hydrogens (tertiary/aromatic N) is 1. The Bertz CT molecular complexity index is 591. The molecule has 1 heterocycles. The second-order valence-corrected chi connectivity index (χ2v) is 6.63. The van der Waals surface area contributed by atoms with Gasteiger partial charge < -0.3 is 10.3 Å². The van der Waals surface area contributed by atoms with Crippen LogP contribution in [0.5, 0.6) is 0 Å². The van der Waals surface area contributed by atoms with Gasteiger partial charge in [-0.3, -0.25) is 0 Å². The predicted molar refractivity (Wildman–Crippen MR) is 81.3 cm³/mol. The molecule has 0 atom stereocenters. The molecular formula is C17H22N2O. The Labute approximate surface area is 120 Å². The first-order chi connectivity index (χ1) is 9.57. The number of benzene rings is 1. The van der Waals surface area contributed by atoms with E-state index in [1.807, 2.05) is 0 Å². The standard InChI is InChI=1S/C17H22N2O/c1-17(2)9-7-12(8-10-17)13-5-3-4-6-14(13)15-11-19-20-16(15)18/h3-6,11-12H,7-10,18H2,1-2H3. The minimum absolute atomic E-state index is 0.411. The minimum Gasteiger partial charge on any atom is -0.367 e. The third-order valence-electron chi connectivity index (χ3n) is 4.63. The summed E-state index contributed by atoms with van der Waals surface area (Å²) in [4.78, 5) is 0. The van der Waals surface area contributed by atoms with E-state index in [-0.39, 0.29) is 0 Å². The SMILES string of the molecule is CC1(C)CCC(c2ccccc2-c2cnoc2N)CC1. The molecule has 3 heteroatoms. The molecule has 2 N–H and O–H groups in total. The molecule has 0 radical (unpaired) electrons. The zero-order valence-electron chi connectivity index (χ0n) is 12.2. The van der Waals surface area contributed by atoms with Gasteiger partial charge in [-0.1, -0.05) is 43.3 Å². The van der Waals surface area contributed by atoms with Crippen LogP contribution in [0.1, 0.15) is 51.0 Å². The van der Waals surface area contributed by atoms with Crippen LogP contribution < -0.4 is 5.73 Å². The molecular weight excluding hydrogens is 248 g/mol. The predicted octanol–water partition coefficient (Wildman–Crippen LogP) is 4.61. The summed E-state index contributed by atoms with van der Waals surface area (Å²) in [7, 11) is 0. The molecule has 20 heavy (non-hydrogen) atoms. The lowest BCUT2D eigenvalue weighted by molar-refractivity contribution is 0.224. The van der Waals surface area contributed by atoms with Crippen molar-refractivity contribution in [2.24, 2.45) is 5.41 Å². The van der Waals surface area contributed by atoms with Crippen molar-refractivity contribution in [3.63, 3.8) is 0 Å². The summed E-state index contributed by atoms with van der Waals surface area (Å²) >= 11 is 0. The number of anilines is 1. The third kappa shape index (κ3) is 2.45. The van der Waals surface area contributed by atoms with Crippen LogP contribution >= 0.6 is 0 Å². The molecule has 0 spiro atoms. The van der Waals surface area contributed by atoms with Gasteiger partial charge >= 0.3 is 0 Å². The van der Waals surface area contributed by atoms with Crippen LogP contribution in [0.2, 0.25) is 0 Å². The van der Waals surface area contributed by atoms with E-state index in [9.17, 15) is 0 Å². The quantitative estimate of drug-likeness (QED) is 0.867. The van der Waals surface area contributed by atoms with E-state index in [4.69, 9.17) is 10.3 Å². The fourth-order valence-corrected chi connectivity index (χ4v) is 3.26. The van der Waals surface area contributed by atoms with Gasteiger partial charge in [0.05, 0.1) is 11.8 Å². The van der Waals surface area contributed by atoms with Crippen LogP contribution in [0.25, 0.3) is 11.1 Å². The average molecular weight is 270 g/mol. The maximum atomic E-state index is 5.88. The van der Waals surface area contributed by atoms with Gasteiger partial charge in [-0.25, -0.2) is 0 Å². The van der Waals surface area contributed by atoms with Gasteiger partial charge in [0.15, 0.2) is 0 Å². The zero-order valence-corrected chi connectivity index (χ0v) is 12.2. The molecule has 1 fully saturated rings. The highest BCUT2D eigenvalue weighted by atomic mass is 16.5. The normalized spacial score (nSPS) is 19.1. The average Bonchev–Trinajstić information content (AvgIpc) is 2.85. The fraction of sp³-hybridized carbons (Fsp3) is 0.471. The first-order valence-electron chi connectivity index (χ1n) is 7.36. The van der Waals surface area contributed by atoms with Gasteiger partial charge in [0, 0.05) is 0 Å². The largest absolute Gasteiger partial charge is 0.367 e. The third-order valence-corrected chi connectivity index (χ3v) is 4.63. The van der Waals surface area contributed by atoms with E-state index in [0.29, 0.717) is 17.2 Å². The molecule has 0 aliphatic heterocycles. The highest BCUT2D eigenvalue weighted by Crippen LogP contribution is 2.45. The second kappa shape index (κ2) is 4.97. The molecule has 0 amide bonds. The van der Waals surface area contributed by atoms with E-state index in [1.165, 1.54) is 36.8 Å². The van der Waals surface area contributed by atoms with Crippen molar-refractivity contribution in [2.75, 3.05) is 5.73 Å². The van der Waals surface area contributed by atoms with Crippen molar-refractivity contribution < 1.29 is 4.52 Å². The molecule has 2 aromatic rings. The van der Waals surface area contributed by atoms with Crippen molar-refractivity contribution in [1.82, 2.24) is 5.16 Å². The minimum atomic E-state index is 0.411. The van der Waals surface area contributed by atoms with Gasteiger partial charge in [0.25, 0.3) is 0 Å². The van der Waals surface area contributed by atoms with E-state index < -0.39 is 0 Å². The monoisotopic (exact) mass is 270 g/mol. The molecule has 0 bridgehead atoms. The Balaban J connectivity index is 1.93. The zero-order chi connectivity index (χ0) is 14.2. The van der Waals surface area contributed by atoms with Crippen molar-refractivity contribution in [2.45, 2.75) is 45.4 Å². The second-order valence-electron chi connectivity index (χ2n) is 6.63. The summed E-state index contributed by atoms with van der Waals surface area (Å²) < 4.78 is 5.02. The summed E-state index contributed by atoms with van der Waals surface area (Å²) in [6.07, 6.45) is 6.78. The Morgan fingerprint density at radius 2 is 1.85 bits per heavy atom. The van der Waals surface area contributed by atoms with Crippen molar-refractivity contribution >= 4 is 5.88 Å². The van der Waals surface area contributed by atoms with Gasteiger partial charge in [-0.2, -0.15) is 0 Å². The summed E-state index contributed by atoms with van der Waals surface area (Å²) in [6, 6.07) is 8.52. The van der Waals surface area contributed by atoms with E-state index in [1.54, 1.807) is 6.20 Å². The lowest BCUT2D eigenvalue weighted by Gasteiger charge is -2.35. The number of rotatable bonds is 2. The fourth-order valence-electron chi connectivity index (χ4n) is 3.26. The maximum Gasteiger partial charge on any atom is 0.229 e. The highest BCUT2D eigenvalue weighted by Gasteiger charge is 2.29. The number of nitrogens with two attached hydrogens (primary N) is 1. The highest BCUT2D eigenvalue weighted by molar-refractivity contribution is 5.75. The molecule has 106 valence electrons. The molecule has 3 rings (SSSR count). The topological polar surface area (TPSA) is 52.0 Å². The Kier molecular flexibility index (Phi) is 3.28. The van der Waals surface area contributed by atoms with Crippen LogP contribution in [0.15, 0.2) is 35.0 Å². The Morgan fingerprint density at radius 3 is 2.50 bits per heavy atom. The lowest BCUT2D eigenvalue weighted by atomic mass is 9.70. The smallest absolute Gasteiger partial charge is 0.229 e. The van der Waals surface area contributed by atoms with Gasteiger partial charge in [-0.15, -0.1) is 0 Å². The van der Waals surface area contributed by atoms with Crippen LogP contribution in [-0.4, -0.2) is 5.16 Å². The first kappa shape index (κ1) is 13.2. The summed E-state index contributed by atoms with van der Waals surface area (Å²) in [5.41, 5.74) is 9.86. The molecule has 1 aliphatic carbocycles. The molecule has 3 nitrogen and oxygen atoms in total. The van der Waals surface area contributed by atoms with E-state index in [2.05, 4.69) is 43.3 Å². The van der Waals surface area contributed by atoms with Crippen molar-refractivity contribution in [3.05, 3.63) is 36.0 Å². The summed E-state index contributed by atoms with van der Waals surface area (Å²) in [6.45, 7) is 4.74. The van der Waals surface area contributed by atoms with Crippen molar-refractivity contribution in [1.29, 1.82) is 0 Å². The Hall–Kier alpha value is -1.77. The first-order valence-corrected chi connectivity index (χ1v) is 7.36. The van der Waals surface area contributed by atoms with Gasteiger partial charge in [0.2, 0.25) is 5.88 Å². The number of aromatic nitrogens is 1. The van der Waals surface area contributed by atoms with E-state index in [0.717, 1.165) is 5.56 Å². The summed E-state index contributed by atoms with van der Waals surface area (Å²) in [5, 5.41) is 3.81. The number of hydrogen-bond acceptors (Lipinski definition) is 3. The van der Waals surface area contributed by atoms with Gasteiger partial charge in [0.1, 0.15) is 0 Å². The van der Waals surface area contributed by atoms with Crippen LogP contribution in [0.4, 0.5) is 5.88 Å². The lowest BCUT2D eigenvalue weighted by Crippen LogP contribution is -2.20. The molecule has 1 aromatic carbocycles. The van der Waals surface area contributed by atoms with Crippen molar-refractivity contribution in [3.8, 4) is 11.1 Å². The molecule has 1 saturated carbocycles. The molecule has 1 aliphatic rings. The van der Waals surface area contributed by atoms with Gasteiger partial charge in [-0.05, 0) is 48.1 Å². The van der Waals surface area contributed by atoms with Crippen LogP contribution in [0.3, 0.4) is 0 Å². The Morgan fingerprint density at radius 1 is 1.15 bits per heavy atom.